The van der Waals surface area contributed by atoms with Crippen molar-refractivity contribution in [2.24, 2.45) is 23.2 Å². The van der Waals surface area contributed by atoms with Crippen LogP contribution < -0.4 is 0 Å². The molecule has 0 heterocycles. The van der Waals surface area contributed by atoms with E-state index in [1.165, 1.54) is 6.08 Å². The van der Waals surface area contributed by atoms with Gasteiger partial charge in [-0.25, -0.2) is 0 Å². The Morgan fingerprint density at radius 2 is 2.22 bits per heavy atom. The summed E-state index contributed by atoms with van der Waals surface area (Å²) in [6.45, 7) is 2.01. The maximum absolute atomic E-state index is 12.3. The van der Waals surface area contributed by atoms with E-state index >= 15 is 0 Å². The number of carbonyl (C=O) groups is 3. The Morgan fingerprint density at radius 1 is 1.44 bits per heavy atom. The fourth-order valence-electron chi connectivity index (χ4n) is 4.09. The molecule has 18 heavy (non-hydrogen) atoms. The van der Waals surface area contributed by atoms with Crippen molar-refractivity contribution in [3.05, 3.63) is 12.2 Å². The summed E-state index contributed by atoms with van der Waals surface area (Å²) >= 11 is 0. The largest absolute Gasteiger partial charge is 0.465 e. The van der Waals surface area contributed by atoms with E-state index in [9.17, 15) is 14.4 Å². The Balaban J connectivity index is 2.09. The maximum Gasteiger partial charge on any atom is 0.320 e. The van der Waals surface area contributed by atoms with Gasteiger partial charge in [-0.3, -0.25) is 14.4 Å². The molecule has 2 fully saturated rings. The van der Waals surface area contributed by atoms with Crippen LogP contribution in [0.15, 0.2) is 12.2 Å². The molecule has 4 nitrogen and oxygen atoms in total. The molecule has 0 N–H and O–H groups in total. The van der Waals surface area contributed by atoms with Gasteiger partial charge in [0, 0.05) is 12.8 Å². The lowest BCUT2D eigenvalue weighted by molar-refractivity contribution is -0.168. The van der Waals surface area contributed by atoms with Crippen LogP contribution in [0.1, 0.15) is 26.2 Å². The molecule has 0 aliphatic heterocycles. The van der Waals surface area contributed by atoms with Gasteiger partial charge < -0.3 is 4.74 Å². The van der Waals surface area contributed by atoms with Gasteiger partial charge >= 0.3 is 5.97 Å². The van der Waals surface area contributed by atoms with Crippen molar-refractivity contribution in [2.45, 2.75) is 26.2 Å². The molecule has 4 atom stereocenters. The molecule has 0 aromatic rings. The molecular weight excluding hydrogens is 232 g/mol. The van der Waals surface area contributed by atoms with Gasteiger partial charge in [-0.2, -0.15) is 0 Å². The monoisotopic (exact) mass is 248 g/mol. The summed E-state index contributed by atoms with van der Waals surface area (Å²) < 4.78 is 5.14. The summed E-state index contributed by atoms with van der Waals surface area (Å²) in [4.78, 5) is 36.3. The highest BCUT2D eigenvalue weighted by Gasteiger charge is 2.67. The average Bonchev–Trinajstić information content (AvgIpc) is 2.45. The number of allylic oxidation sites excluding steroid dienone is 2. The van der Waals surface area contributed by atoms with Gasteiger partial charge in [-0.05, 0) is 37.2 Å². The smallest absolute Gasteiger partial charge is 0.320 e. The minimum atomic E-state index is -1.05. The van der Waals surface area contributed by atoms with Crippen LogP contribution in [-0.4, -0.2) is 24.1 Å². The van der Waals surface area contributed by atoms with Gasteiger partial charge in [0.15, 0.2) is 5.78 Å². The van der Waals surface area contributed by atoms with Crippen LogP contribution in [0.4, 0.5) is 0 Å². The minimum Gasteiger partial charge on any atom is -0.465 e. The van der Waals surface area contributed by atoms with Crippen LogP contribution in [0, 0.1) is 23.2 Å². The van der Waals surface area contributed by atoms with Gasteiger partial charge in [0.1, 0.15) is 11.2 Å². The van der Waals surface area contributed by atoms with E-state index in [-0.39, 0.29) is 35.9 Å². The summed E-state index contributed by atoms with van der Waals surface area (Å²) in [5, 5.41) is 0. The zero-order chi connectivity index (χ0) is 12.9. The Hall–Kier alpha value is -1.45. The Labute approximate surface area is 105 Å². The molecule has 3 rings (SSSR count). The molecule has 4 bridgehead atoms. The topological polar surface area (TPSA) is 60.4 Å². The van der Waals surface area contributed by atoms with E-state index in [1.54, 1.807) is 6.92 Å². The van der Waals surface area contributed by atoms with E-state index in [0.29, 0.717) is 12.8 Å². The lowest BCUT2D eigenvalue weighted by atomic mass is 9.60. The van der Waals surface area contributed by atoms with Crippen LogP contribution in [0.25, 0.3) is 0 Å². The molecule has 0 spiro atoms. The van der Waals surface area contributed by atoms with Crippen LogP contribution in [0.2, 0.25) is 0 Å². The van der Waals surface area contributed by atoms with E-state index in [4.69, 9.17) is 4.74 Å². The predicted molar refractivity (Wildman–Crippen MR) is 62.5 cm³/mol. The van der Waals surface area contributed by atoms with Gasteiger partial charge in [0.2, 0.25) is 0 Å². The first-order valence-corrected chi connectivity index (χ1v) is 6.52. The molecule has 0 unspecified atom stereocenters. The van der Waals surface area contributed by atoms with Crippen molar-refractivity contribution in [3.8, 4) is 0 Å². The highest BCUT2D eigenvalue weighted by atomic mass is 16.5. The summed E-state index contributed by atoms with van der Waals surface area (Å²) in [6.07, 6.45) is 4.85. The summed E-state index contributed by atoms with van der Waals surface area (Å²) in [7, 11) is 0. The molecule has 0 saturated heterocycles. The first-order chi connectivity index (χ1) is 8.60. The van der Waals surface area contributed by atoms with E-state index < -0.39 is 11.4 Å². The van der Waals surface area contributed by atoms with E-state index in [0.717, 1.165) is 6.42 Å². The summed E-state index contributed by atoms with van der Waals surface area (Å²) in [5.41, 5.74) is -1.05. The second kappa shape index (κ2) is 3.77. The second-order valence-corrected chi connectivity index (χ2v) is 5.46. The third-order valence-electron chi connectivity index (χ3n) is 4.74. The minimum absolute atomic E-state index is 0.155. The van der Waals surface area contributed by atoms with Gasteiger partial charge in [-0.15, -0.1) is 0 Å². The number of hydrogen-bond donors (Lipinski definition) is 0. The second-order valence-electron chi connectivity index (χ2n) is 5.46. The highest BCUT2D eigenvalue weighted by molar-refractivity contribution is 6.12. The number of ether oxygens (including phenoxy) is 1. The number of hydrogen-bond acceptors (Lipinski definition) is 4. The lowest BCUT2D eigenvalue weighted by Crippen LogP contribution is -2.53. The molecular formula is C14H16O4. The molecule has 2 saturated carbocycles. The van der Waals surface area contributed by atoms with Gasteiger partial charge in [-0.1, -0.05) is 6.08 Å². The molecule has 3 aliphatic carbocycles. The fourth-order valence-corrected chi connectivity index (χ4v) is 4.09. The standard InChI is InChI=1S/C14H16O4/c1-2-18-13(17)14-9-5-8(3-4-12(14)16)11(14)7-10(15)6-9/h3-4,8-9,11H,2,5-7H2,1H3/t8-,9+,11+,14-/m0/s1. The average molecular weight is 248 g/mol. The van der Waals surface area contributed by atoms with Crippen molar-refractivity contribution in [1.82, 2.24) is 0 Å². The normalized spacial score (nSPS) is 41.1. The van der Waals surface area contributed by atoms with Crippen molar-refractivity contribution >= 4 is 17.5 Å². The number of esters is 1. The number of carbonyl (C=O) groups excluding carboxylic acids is 3. The molecule has 4 heteroatoms. The molecule has 3 aliphatic rings. The number of rotatable bonds is 2. The van der Waals surface area contributed by atoms with Crippen molar-refractivity contribution in [2.75, 3.05) is 6.61 Å². The Kier molecular flexibility index (Phi) is 2.44. The first kappa shape index (κ1) is 11.6. The van der Waals surface area contributed by atoms with Crippen molar-refractivity contribution in [1.29, 1.82) is 0 Å². The zero-order valence-electron chi connectivity index (χ0n) is 10.3. The van der Waals surface area contributed by atoms with Crippen LogP contribution in [0.3, 0.4) is 0 Å². The summed E-state index contributed by atoms with van der Waals surface area (Å²) in [5.74, 6) is -0.531. The van der Waals surface area contributed by atoms with E-state index in [2.05, 4.69) is 0 Å². The third kappa shape index (κ3) is 1.23. The number of Topliss-reactive ketones (excluding diaryl/α,β-unsaturated/α-hetero) is 1. The molecule has 0 aromatic heterocycles. The molecule has 96 valence electrons. The van der Waals surface area contributed by atoms with Crippen LogP contribution >= 0.6 is 0 Å². The molecule has 0 amide bonds. The van der Waals surface area contributed by atoms with E-state index in [1.807, 2.05) is 6.08 Å². The van der Waals surface area contributed by atoms with Gasteiger partial charge in [0.05, 0.1) is 6.61 Å². The molecule has 0 radical (unpaired) electrons. The zero-order valence-corrected chi connectivity index (χ0v) is 10.3. The maximum atomic E-state index is 12.3. The third-order valence-corrected chi connectivity index (χ3v) is 4.74. The lowest BCUT2D eigenvalue weighted by Gasteiger charge is -2.40. The van der Waals surface area contributed by atoms with Crippen molar-refractivity contribution < 1.29 is 19.1 Å². The molecule has 0 aromatic carbocycles. The highest BCUT2D eigenvalue weighted by Crippen LogP contribution is 2.60. The predicted octanol–water partition coefficient (Wildman–Crippen LogP) is 1.29. The fraction of sp³-hybridized carbons (Fsp3) is 0.643. The Bertz CT molecular complexity index is 464. The number of ketones is 2. The van der Waals surface area contributed by atoms with Crippen LogP contribution in [0.5, 0.6) is 0 Å². The van der Waals surface area contributed by atoms with Crippen molar-refractivity contribution in [3.63, 3.8) is 0 Å². The first-order valence-electron chi connectivity index (χ1n) is 6.52. The Morgan fingerprint density at radius 3 is 2.94 bits per heavy atom. The quantitative estimate of drug-likeness (QED) is 0.545. The van der Waals surface area contributed by atoms with Gasteiger partial charge in [0.25, 0.3) is 0 Å². The SMILES string of the molecule is CCOC(=O)[C@@]12C(=O)C=C[C@H]3C[C@@H]1CC(=O)C[C@H]32. The van der Waals surface area contributed by atoms with Crippen LogP contribution in [-0.2, 0) is 19.1 Å². The summed E-state index contributed by atoms with van der Waals surface area (Å²) in [6, 6.07) is 0.